The van der Waals surface area contributed by atoms with E-state index in [2.05, 4.69) is 20.1 Å². The molecule has 154 valence electrons. The highest BCUT2D eigenvalue weighted by Crippen LogP contribution is 2.20. The lowest BCUT2D eigenvalue weighted by Gasteiger charge is -2.35. The van der Waals surface area contributed by atoms with Crippen LogP contribution in [0.4, 0.5) is 11.5 Å². The number of amides is 2. The maximum absolute atomic E-state index is 12.5. The predicted octanol–water partition coefficient (Wildman–Crippen LogP) is 2.61. The molecule has 1 aromatic heterocycles. The number of benzene rings is 1. The Balaban J connectivity index is 1.43. The highest BCUT2D eigenvalue weighted by Gasteiger charge is 2.22. The monoisotopic (exact) mass is 435 g/mol. The van der Waals surface area contributed by atoms with E-state index in [1.807, 2.05) is 12.1 Å². The number of hydrogen-bond acceptors (Lipinski definition) is 5. The molecule has 9 heteroatoms. The third-order valence-electron chi connectivity index (χ3n) is 4.72. The van der Waals surface area contributed by atoms with Crippen molar-refractivity contribution >= 4 is 46.5 Å². The molecule has 2 heterocycles. The molecule has 0 unspecified atom stereocenters. The standard InChI is InChI=1S/C20H23Cl2N5O2/c1-25(13-19(28)24-17-5-3-2-4-16(17)22)20(29)14-26-8-10-27(11-9-26)18-7-6-15(21)12-23-18/h2-7,12H,8-11,13-14H2,1H3,(H,24,28). The summed E-state index contributed by atoms with van der Waals surface area (Å²) in [4.78, 5) is 34.7. The van der Waals surface area contributed by atoms with E-state index in [0.717, 1.165) is 32.0 Å². The van der Waals surface area contributed by atoms with Gasteiger partial charge in [0.15, 0.2) is 0 Å². The van der Waals surface area contributed by atoms with E-state index in [9.17, 15) is 9.59 Å². The maximum Gasteiger partial charge on any atom is 0.244 e. The minimum Gasteiger partial charge on any atom is -0.354 e. The molecule has 3 rings (SSSR count). The molecule has 1 saturated heterocycles. The first-order valence-electron chi connectivity index (χ1n) is 9.29. The molecule has 0 radical (unpaired) electrons. The van der Waals surface area contributed by atoms with Crippen LogP contribution in [0.1, 0.15) is 0 Å². The topological polar surface area (TPSA) is 68.8 Å². The smallest absolute Gasteiger partial charge is 0.244 e. The number of nitrogens with one attached hydrogen (secondary N) is 1. The largest absolute Gasteiger partial charge is 0.354 e. The van der Waals surface area contributed by atoms with Gasteiger partial charge in [-0.15, -0.1) is 0 Å². The summed E-state index contributed by atoms with van der Waals surface area (Å²) in [5.74, 6) is 0.499. The van der Waals surface area contributed by atoms with Crippen LogP contribution in [0.3, 0.4) is 0 Å². The lowest BCUT2D eigenvalue weighted by atomic mass is 10.3. The van der Waals surface area contributed by atoms with Gasteiger partial charge in [-0.05, 0) is 24.3 Å². The van der Waals surface area contributed by atoms with E-state index in [0.29, 0.717) is 15.7 Å². The molecule has 0 aliphatic carbocycles. The average molecular weight is 436 g/mol. The number of likely N-dealkylation sites (N-methyl/N-ethyl adjacent to an activating group) is 1. The van der Waals surface area contributed by atoms with E-state index in [-0.39, 0.29) is 24.9 Å². The van der Waals surface area contributed by atoms with Crippen LogP contribution in [0.5, 0.6) is 0 Å². The Hall–Kier alpha value is -2.35. The van der Waals surface area contributed by atoms with E-state index in [4.69, 9.17) is 23.2 Å². The number of anilines is 2. The Morgan fingerprint density at radius 2 is 1.83 bits per heavy atom. The Morgan fingerprint density at radius 1 is 1.10 bits per heavy atom. The van der Waals surface area contributed by atoms with Gasteiger partial charge in [0.25, 0.3) is 0 Å². The number of para-hydroxylation sites is 1. The van der Waals surface area contributed by atoms with Crippen LogP contribution in [-0.4, -0.2) is 72.9 Å². The second-order valence-corrected chi connectivity index (χ2v) is 7.72. The molecular weight excluding hydrogens is 413 g/mol. The summed E-state index contributed by atoms with van der Waals surface area (Å²) in [5, 5.41) is 3.80. The lowest BCUT2D eigenvalue weighted by molar-refractivity contribution is -0.134. The summed E-state index contributed by atoms with van der Waals surface area (Å²) >= 11 is 11.9. The lowest BCUT2D eigenvalue weighted by Crippen LogP contribution is -2.50. The minimum atomic E-state index is -0.285. The van der Waals surface area contributed by atoms with Gasteiger partial charge in [0.2, 0.25) is 11.8 Å². The van der Waals surface area contributed by atoms with E-state index in [1.165, 1.54) is 4.90 Å². The van der Waals surface area contributed by atoms with Crippen LogP contribution >= 0.6 is 23.2 Å². The summed E-state index contributed by atoms with van der Waals surface area (Å²) in [6, 6.07) is 10.7. The number of aromatic nitrogens is 1. The molecule has 1 aliphatic heterocycles. The zero-order valence-corrected chi connectivity index (χ0v) is 17.7. The SMILES string of the molecule is CN(CC(=O)Nc1ccccc1Cl)C(=O)CN1CCN(c2ccc(Cl)cn2)CC1. The zero-order valence-electron chi connectivity index (χ0n) is 16.1. The van der Waals surface area contributed by atoms with Gasteiger partial charge in [-0.25, -0.2) is 4.98 Å². The summed E-state index contributed by atoms with van der Waals surface area (Å²) < 4.78 is 0. The first kappa shape index (κ1) is 21.4. The zero-order chi connectivity index (χ0) is 20.8. The number of piperazine rings is 1. The minimum absolute atomic E-state index is 0.0291. The van der Waals surface area contributed by atoms with Crippen LogP contribution in [0, 0.1) is 0 Å². The molecule has 2 aromatic rings. The van der Waals surface area contributed by atoms with Crippen LogP contribution in [0.25, 0.3) is 0 Å². The summed E-state index contributed by atoms with van der Waals surface area (Å²) in [5.41, 5.74) is 0.534. The first-order chi connectivity index (χ1) is 13.9. The van der Waals surface area contributed by atoms with Gasteiger partial charge < -0.3 is 15.1 Å². The Labute approximate surface area is 180 Å². The Morgan fingerprint density at radius 3 is 2.48 bits per heavy atom. The second-order valence-electron chi connectivity index (χ2n) is 6.88. The quantitative estimate of drug-likeness (QED) is 0.754. The molecule has 2 amide bonds. The molecule has 1 fully saturated rings. The predicted molar refractivity (Wildman–Crippen MR) is 116 cm³/mol. The van der Waals surface area contributed by atoms with Gasteiger partial charge in [-0.1, -0.05) is 35.3 Å². The normalized spacial score (nSPS) is 14.5. The molecule has 0 saturated carbocycles. The van der Waals surface area contributed by atoms with E-state index < -0.39 is 0 Å². The molecular formula is C20H23Cl2N5O2. The fourth-order valence-electron chi connectivity index (χ4n) is 3.06. The third-order valence-corrected chi connectivity index (χ3v) is 5.27. The number of halogens is 2. The van der Waals surface area contributed by atoms with Crippen LogP contribution in [-0.2, 0) is 9.59 Å². The van der Waals surface area contributed by atoms with Crippen molar-refractivity contribution < 1.29 is 9.59 Å². The van der Waals surface area contributed by atoms with Crippen molar-refractivity contribution in [1.82, 2.24) is 14.8 Å². The fraction of sp³-hybridized carbons (Fsp3) is 0.350. The molecule has 29 heavy (non-hydrogen) atoms. The molecule has 1 aromatic carbocycles. The highest BCUT2D eigenvalue weighted by atomic mass is 35.5. The van der Waals surface area contributed by atoms with Crippen LogP contribution in [0.2, 0.25) is 10.0 Å². The highest BCUT2D eigenvalue weighted by molar-refractivity contribution is 6.33. The van der Waals surface area contributed by atoms with Crippen molar-refractivity contribution in [3.05, 3.63) is 52.6 Å². The van der Waals surface area contributed by atoms with Gasteiger partial charge in [0.1, 0.15) is 5.82 Å². The van der Waals surface area contributed by atoms with E-state index >= 15 is 0 Å². The van der Waals surface area contributed by atoms with Gasteiger partial charge in [0, 0.05) is 39.4 Å². The Kier molecular flexibility index (Phi) is 7.30. The van der Waals surface area contributed by atoms with Gasteiger partial charge in [-0.3, -0.25) is 14.5 Å². The number of carbonyl (C=O) groups is 2. The van der Waals surface area contributed by atoms with E-state index in [1.54, 1.807) is 37.5 Å². The van der Waals surface area contributed by atoms with Crippen molar-refractivity contribution in [2.75, 3.05) is 56.5 Å². The number of pyridine rings is 1. The maximum atomic E-state index is 12.5. The van der Waals surface area contributed by atoms with Crippen LogP contribution in [0.15, 0.2) is 42.6 Å². The third kappa shape index (κ3) is 6.06. The molecule has 0 spiro atoms. The van der Waals surface area contributed by atoms with Crippen molar-refractivity contribution in [2.24, 2.45) is 0 Å². The first-order valence-corrected chi connectivity index (χ1v) is 10.0. The number of rotatable bonds is 6. The van der Waals surface area contributed by atoms with Crippen molar-refractivity contribution in [3.8, 4) is 0 Å². The Bertz CT molecular complexity index is 854. The molecule has 0 bridgehead atoms. The summed E-state index contributed by atoms with van der Waals surface area (Å²) in [7, 11) is 1.63. The van der Waals surface area contributed by atoms with Crippen molar-refractivity contribution in [2.45, 2.75) is 0 Å². The van der Waals surface area contributed by atoms with Gasteiger partial charge >= 0.3 is 0 Å². The van der Waals surface area contributed by atoms with Gasteiger partial charge in [0.05, 0.1) is 28.8 Å². The molecule has 7 nitrogen and oxygen atoms in total. The number of nitrogens with zero attached hydrogens (tertiary/aromatic N) is 4. The van der Waals surface area contributed by atoms with Crippen molar-refractivity contribution in [1.29, 1.82) is 0 Å². The van der Waals surface area contributed by atoms with Crippen molar-refractivity contribution in [3.63, 3.8) is 0 Å². The molecule has 1 N–H and O–H groups in total. The molecule has 0 atom stereocenters. The number of carbonyl (C=O) groups excluding carboxylic acids is 2. The summed E-state index contributed by atoms with van der Waals surface area (Å²) in [6.45, 7) is 3.29. The van der Waals surface area contributed by atoms with Gasteiger partial charge in [-0.2, -0.15) is 0 Å². The summed E-state index contributed by atoms with van der Waals surface area (Å²) in [6.07, 6.45) is 1.63. The fourth-order valence-corrected chi connectivity index (χ4v) is 3.35. The molecule has 1 aliphatic rings. The number of hydrogen-bond donors (Lipinski definition) is 1. The second kappa shape index (κ2) is 9.91. The average Bonchev–Trinajstić information content (AvgIpc) is 2.71. The van der Waals surface area contributed by atoms with Crippen LogP contribution < -0.4 is 10.2 Å².